The molecule has 0 unspecified atom stereocenters. The number of ether oxygens (including phenoxy) is 1. The molecule has 2 heterocycles. The lowest BCUT2D eigenvalue weighted by Crippen LogP contribution is -2.40. The first kappa shape index (κ1) is 22.0. The van der Waals surface area contributed by atoms with Crippen LogP contribution in [-0.2, 0) is 19.6 Å². The Bertz CT molecular complexity index is 1110. The van der Waals surface area contributed by atoms with Gasteiger partial charge < -0.3 is 14.9 Å². The highest BCUT2D eigenvalue weighted by atomic mass is 32.2. The maximum Gasteiger partial charge on any atom is 0.277 e. The molecule has 158 valence electrons. The summed E-state index contributed by atoms with van der Waals surface area (Å²) in [5, 5.41) is 16.9. The number of nitrogens with zero attached hydrogens (tertiary/aromatic N) is 4. The molecule has 0 aliphatic carbocycles. The normalized spacial score (nSPS) is 16.0. The second-order valence-electron chi connectivity index (χ2n) is 6.30. The van der Waals surface area contributed by atoms with Crippen molar-refractivity contribution in [2.24, 2.45) is 5.73 Å². The van der Waals surface area contributed by atoms with E-state index in [1.807, 2.05) is 0 Å². The number of hydrogen-bond acceptors (Lipinski definition) is 10. The molecule has 0 saturated carbocycles. The van der Waals surface area contributed by atoms with Gasteiger partial charge in [-0.3, -0.25) is 4.79 Å². The Morgan fingerprint density at radius 3 is 2.73 bits per heavy atom. The van der Waals surface area contributed by atoms with Crippen LogP contribution < -0.4 is 5.73 Å². The first-order valence-corrected chi connectivity index (χ1v) is 11.3. The van der Waals surface area contributed by atoms with Crippen molar-refractivity contribution in [1.29, 1.82) is 5.26 Å². The van der Waals surface area contributed by atoms with E-state index in [9.17, 15) is 13.2 Å². The number of Topliss-reactive ketones (excluding diaryl/α,β-unsaturated/α-hetero) is 1. The molecule has 2 N–H and O–H groups in total. The van der Waals surface area contributed by atoms with Crippen molar-refractivity contribution in [2.45, 2.75) is 17.0 Å². The van der Waals surface area contributed by atoms with E-state index in [1.54, 1.807) is 18.2 Å². The zero-order valence-corrected chi connectivity index (χ0v) is 17.7. The highest BCUT2D eigenvalue weighted by Gasteiger charge is 2.27. The van der Waals surface area contributed by atoms with E-state index in [0.717, 1.165) is 11.8 Å². The molecule has 1 aromatic carbocycles. The van der Waals surface area contributed by atoms with Crippen molar-refractivity contribution < 1.29 is 22.4 Å². The molecule has 0 atom stereocenters. The maximum absolute atomic E-state index is 12.8. The van der Waals surface area contributed by atoms with Gasteiger partial charge in [0.2, 0.25) is 15.9 Å². The molecule has 1 fully saturated rings. The largest absolute Gasteiger partial charge is 0.411 e. The van der Waals surface area contributed by atoms with Crippen molar-refractivity contribution in [3.8, 4) is 17.5 Å². The number of rotatable bonds is 7. The summed E-state index contributed by atoms with van der Waals surface area (Å²) < 4.78 is 37.8. The number of carbonyl (C=O) groups excluding carboxylic acids is 1. The van der Waals surface area contributed by atoms with Gasteiger partial charge in [-0.1, -0.05) is 17.8 Å². The molecular weight excluding hydrogens is 430 g/mol. The fraction of sp³-hybridized carbons (Fsp3) is 0.333. The van der Waals surface area contributed by atoms with Crippen molar-refractivity contribution in [3.63, 3.8) is 0 Å². The molecule has 12 heteroatoms. The number of nitrogens with two attached hydrogens (primary N) is 1. The number of ketones is 1. The van der Waals surface area contributed by atoms with Crippen LogP contribution in [-0.4, -0.2) is 60.8 Å². The number of sulfonamides is 1. The summed E-state index contributed by atoms with van der Waals surface area (Å²) in [5.41, 5.74) is 5.99. The topological polar surface area (TPSA) is 152 Å². The van der Waals surface area contributed by atoms with Crippen LogP contribution in [0.4, 0.5) is 0 Å². The van der Waals surface area contributed by atoms with Gasteiger partial charge in [-0.15, -0.1) is 10.2 Å². The second kappa shape index (κ2) is 9.40. The SMILES string of the molecule is CC(N)=C(C#N)C(=O)CSc1nnc(-c2cccc(S(=O)(=O)N3CCOCC3)c2)o1. The number of thioether (sulfide) groups is 1. The molecule has 10 nitrogen and oxygen atoms in total. The average Bonchev–Trinajstić information content (AvgIpc) is 3.22. The zero-order chi connectivity index (χ0) is 21.7. The monoisotopic (exact) mass is 449 g/mol. The van der Waals surface area contributed by atoms with Crippen molar-refractivity contribution in [3.05, 3.63) is 35.5 Å². The number of allylic oxidation sites excluding steroid dienone is 2. The van der Waals surface area contributed by atoms with Crippen molar-refractivity contribution in [2.75, 3.05) is 32.1 Å². The molecule has 3 rings (SSSR count). The maximum atomic E-state index is 12.8. The predicted molar refractivity (Wildman–Crippen MR) is 108 cm³/mol. The van der Waals surface area contributed by atoms with E-state index in [1.165, 1.54) is 23.4 Å². The Morgan fingerprint density at radius 2 is 2.07 bits per heavy atom. The van der Waals surface area contributed by atoms with Gasteiger partial charge in [0.05, 0.1) is 23.9 Å². The van der Waals surface area contributed by atoms with Crippen LogP contribution in [0.2, 0.25) is 0 Å². The average molecular weight is 450 g/mol. The lowest BCUT2D eigenvalue weighted by atomic mass is 10.2. The quantitative estimate of drug-likeness (QED) is 0.370. The van der Waals surface area contributed by atoms with Crippen molar-refractivity contribution in [1.82, 2.24) is 14.5 Å². The van der Waals surface area contributed by atoms with Crippen LogP contribution in [0.5, 0.6) is 0 Å². The highest BCUT2D eigenvalue weighted by Crippen LogP contribution is 2.27. The Hall–Kier alpha value is -2.72. The summed E-state index contributed by atoms with van der Waals surface area (Å²) >= 11 is 0.967. The van der Waals surface area contributed by atoms with Gasteiger partial charge in [-0.05, 0) is 25.1 Å². The fourth-order valence-electron chi connectivity index (χ4n) is 2.68. The second-order valence-corrected chi connectivity index (χ2v) is 9.16. The Kier molecular flexibility index (Phi) is 6.88. The third-order valence-corrected chi connectivity index (χ3v) is 6.92. The van der Waals surface area contributed by atoms with Crippen LogP contribution in [0, 0.1) is 11.3 Å². The lowest BCUT2D eigenvalue weighted by molar-refractivity contribution is -0.112. The van der Waals surface area contributed by atoms with E-state index in [2.05, 4.69) is 10.2 Å². The number of hydrogen-bond donors (Lipinski definition) is 1. The Labute approximate surface area is 177 Å². The van der Waals surface area contributed by atoms with E-state index < -0.39 is 15.8 Å². The highest BCUT2D eigenvalue weighted by molar-refractivity contribution is 7.99. The Balaban J connectivity index is 1.75. The summed E-state index contributed by atoms with van der Waals surface area (Å²) in [7, 11) is -3.66. The van der Waals surface area contributed by atoms with E-state index in [4.69, 9.17) is 20.1 Å². The van der Waals surface area contributed by atoms with Crippen LogP contribution in [0.15, 0.2) is 50.1 Å². The molecule has 2 aromatic rings. The van der Waals surface area contributed by atoms with Crippen LogP contribution in [0.25, 0.3) is 11.5 Å². The molecule has 1 saturated heterocycles. The van der Waals surface area contributed by atoms with E-state index in [-0.39, 0.29) is 33.0 Å². The van der Waals surface area contributed by atoms with Gasteiger partial charge in [-0.25, -0.2) is 8.42 Å². The molecule has 30 heavy (non-hydrogen) atoms. The lowest BCUT2D eigenvalue weighted by Gasteiger charge is -2.26. The third-order valence-electron chi connectivity index (χ3n) is 4.21. The molecule has 0 radical (unpaired) electrons. The fourth-order valence-corrected chi connectivity index (χ4v) is 4.77. The molecule has 1 aliphatic rings. The van der Waals surface area contributed by atoms with Gasteiger partial charge in [0.15, 0.2) is 5.78 Å². The van der Waals surface area contributed by atoms with E-state index in [0.29, 0.717) is 31.9 Å². The van der Waals surface area contributed by atoms with E-state index >= 15 is 0 Å². The minimum absolute atomic E-state index is 0.0927. The van der Waals surface area contributed by atoms with Crippen molar-refractivity contribution >= 4 is 27.6 Å². The smallest absolute Gasteiger partial charge is 0.277 e. The number of nitriles is 1. The first-order chi connectivity index (χ1) is 14.3. The predicted octanol–water partition coefficient (Wildman–Crippen LogP) is 1.17. The van der Waals surface area contributed by atoms with Crippen LogP contribution >= 0.6 is 11.8 Å². The zero-order valence-electron chi connectivity index (χ0n) is 16.1. The van der Waals surface area contributed by atoms with Gasteiger partial charge in [0, 0.05) is 24.4 Å². The standard InChI is InChI=1S/C18H19N5O5S2/c1-12(20)15(10-19)16(24)11-29-18-22-21-17(28-18)13-3-2-4-14(9-13)30(25,26)23-5-7-27-8-6-23/h2-4,9H,5-8,11,20H2,1H3. The molecule has 1 aromatic heterocycles. The molecule has 0 bridgehead atoms. The summed E-state index contributed by atoms with van der Waals surface area (Å²) in [6.45, 7) is 2.78. The molecule has 1 aliphatic heterocycles. The van der Waals surface area contributed by atoms with Gasteiger partial charge in [0.25, 0.3) is 5.22 Å². The van der Waals surface area contributed by atoms with Gasteiger partial charge in [0.1, 0.15) is 11.6 Å². The minimum Gasteiger partial charge on any atom is -0.411 e. The number of morpholine rings is 1. The molecular formula is C18H19N5O5S2. The first-order valence-electron chi connectivity index (χ1n) is 8.87. The Morgan fingerprint density at radius 1 is 1.33 bits per heavy atom. The minimum atomic E-state index is -3.66. The third kappa shape index (κ3) is 4.88. The number of benzene rings is 1. The summed E-state index contributed by atoms with van der Waals surface area (Å²) in [6.07, 6.45) is 0. The summed E-state index contributed by atoms with van der Waals surface area (Å²) in [4.78, 5) is 12.1. The van der Waals surface area contributed by atoms with Gasteiger partial charge >= 0.3 is 0 Å². The van der Waals surface area contributed by atoms with Crippen LogP contribution in [0.3, 0.4) is 0 Å². The number of aromatic nitrogens is 2. The molecule has 0 spiro atoms. The molecule has 0 amide bonds. The number of carbonyl (C=O) groups is 1. The van der Waals surface area contributed by atoms with Crippen LogP contribution in [0.1, 0.15) is 6.92 Å². The summed E-state index contributed by atoms with van der Waals surface area (Å²) in [6, 6.07) is 7.99. The summed E-state index contributed by atoms with van der Waals surface area (Å²) in [5.74, 6) is -0.416. The van der Waals surface area contributed by atoms with Gasteiger partial charge in [-0.2, -0.15) is 9.57 Å².